The van der Waals surface area contributed by atoms with E-state index in [-0.39, 0.29) is 12.5 Å². The number of hydrogen-bond acceptors (Lipinski definition) is 3. The normalized spacial score (nSPS) is 11.8. The van der Waals surface area contributed by atoms with Crippen LogP contribution in [0.5, 0.6) is 0 Å². The van der Waals surface area contributed by atoms with Crippen LogP contribution in [0.2, 0.25) is 5.02 Å². The van der Waals surface area contributed by atoms with Gasteiger partial charge in [0.2, 0.25) is 5.91 Å². The number of amides is 1. The average molecular weight is 346 g/mol. The minimum atomic E-state index is -0.508. The lowest BCUT2D eigenvalue weighted by Gasteiger charge is -2.24. The lowest BCUT2D eigenvalue weighted by molar-refractivity contribution is -0.120. The molecular weight excluding hydrogens is 329 g/mol. The molecule has 0 saturated carbocycles. The first kappa shape index (κ1) is 17.9. The highest BCUT2D eigenvalue weighted by Gasteiger charge is 2.20. The van der Waals surface area contributed by atoms with Crippen molar-refractivity contribution in [2.24, 2.45) is 0 Å². The maximum atomic E-state index is 13.9. The summed E-state index contributed by atoms with van der Waals surface area (Å²) in [4.78, 5) is 14.1. The summed E-state index contributed by atoms with van der Waals surface area (Å²) in [6.45, 7) is 1.93. The molecule has 0 aliphatic carbocycles. The molecule has 1 atom stereocenters. The van der Waals surface area contributed by atoms with Crippen molar-refractivity contribution in [2.45, 2.75) is 19.5 Å². The molecule has 0 aromatic heterocycles. The number of nitrogens with zero attached hydrogens (tertiary/aromatic N) is 2. The van der Waals surface area contributed by atoms with E-state index in [1.165, 1.54) is 6.07 Å². The number of carbonyl (C=O) groups is 1. The second-order valence-corrected chi connectivity index (χ2v) is 5.88. The molecule has 0 aliphatic heterocycles. The van der Waals surface area contributed by atoms with Crippen molar-refractivity contribution in [3.63, 3.8) is 0 Å². The van der Waals surface area contributed by atoms with Gasteiger partial charge in [0.15, 0.2) is 0 Å². The van der Waals surface area contributed by atoms with E-state index in [9.17, 15) is 9.18 Å². The standard InChI is InChI=1S/C18H17ClFN3O/c1-12(18(24)22-14-6-3-5-13(9-14)10-21)23(2)11-15-16(19)7-4-8-17(15)20/h3-9,12H,11H2,1-2H3,(H,22,24). The molecule has 124 valence electrons. The summed E-state index contributed by atoms with van der Waals surface area (Å²) in [5.41, 5.74) is 1.36. The Labute approximate surface area is 145 Å². The molecule has 6 heteroatoms. The summed E-state index contributed by atoms with van der Waals surface area (Å²) in [7, 11) is 1.72. The van der Waals surface area contributed by atoms with Crippen LogP contribution in [0.25, 0.3) is 0 Å². The van der Waals surface area contributed by atoms with Gasteiger partial charge in [0.1, 0.15) is 5.82 Å². The summed E-state index contributed by atoms with van der Waals surface area (Å²) in [5.74, 6) is -0.649. The highest BCUT2D eigenvalue weighted by Crippen LogP contribution is 2.21. The third kappa shape index (κ3) is 4.31. The number of nitrogens with one attached hydrogen (secondary N) is 1. The van der Waals surface area contributed by atoms with Crippen LogP contribution in [-0.2, 0) is 11.3 Å². The highest BCUT2D eigenvalue weighted by molar-refractivity contribution is 6.31. The molecule has 0 fully saturated rings. The minimum Gasteiger partial charge on any atom is -0.325 e. The zero-order valence-corrected chi connectivity index (χ0v) is 14.1. The van der Waals surface area contributed by atoms with Crippen molar-refractivity contribution in [2.75, 3.05) is 12.4 Å². The summed E-state index contributed by atoms with van der Waals surface area (Å²) in [6, 6.07) is 12.7. The van der Waals surface area contributed by atoms with E-state index in [1.807, 2.05) is 6.07 Å². The van der Waals surface area contributed by atoms with Crippen LogP contribution in [0, 0.1) is 17.1 Å². The Morgan fingerprint density at radius 1 is 1.38 bits per heavy atom. The molecule has 2 aromatic carbocycles. The maximum absolute atomic E-state index is 13.9. The van der Waals surface area contributed by atoms with Crippen molar-refractivity contribution in [3.05, 3.63) is 64.4 Å². The second kappa shape index (κ2) is 7.91. The number of anilines is 1. The van der Waals surface area contributed by atoms with Crippen LogP contribution in [0.15, 0.2) is 42.5 Å². The first-order chi connectivity index (χ1) is 11.4. The Morgan fingerprint density at radius 3 is 2.75 bits per heavy atom. The molecule has 24 heavy (non-hydrogen) atoms. The molecule has 0 aliphatic rings. The summed E-state index contributed by atoms with van der Waals surface area (Å²) >= 11 is 6.02. The van der Waals surface area contributed by atoms with E-state index >= 15 is 0 Å². The van der Waals surface area contributed by atoms with Crippen molar-refractivity contribution in [1.29, 1.82) is 5.26 Å². The van der Waals surface area contributed by atoms with Gasteiger partial charge >= 0.3 is 0 Å². The lowest BCUT2D eigenvalue weighted by atomic mass is 10.1. The van der Waals surface area contributed by atoms with Gasteiger partial charge in [-0.05, 0) is 44.3 Å². The van der Waals surface area contributed by atoms with Crippen LogP contribution in [0.1, 0.15) is 18.1 Å². The van der Waals surface area contributed by atoms with E-state index in [0.717, 1.165) is 0 Å². The number of hydrogen-bond donors (Lipinski definition) is 1. The smallest absolute Gasteiger partial charge is 0.241 e. The molecule has 4 nitrogen and oxygen atoms in total. The van der Waals surface area contributed by atoms with E-state index in [2.05, 4.69) is 5.32 Å². The number of likely N-dealkylation sites (N-methyl/N-ethyl adjacent to an activating group) is 1. The molecule has 2 rings (SSSR count). The average Bonchev–Trinajstić information content (AvgIpc) is 2.57. The van der Waals surface area contributed by atoms with Gasteiger partial charge in [0.25, 0.3) is 0 Å². The van der Waals surface area contributed by atoms with Gasteiger partial charge < -0.3 is 5.32 Å². The minimum absolute atomic E-state index is 0.207. The van der Waals surface area contributed by atoms with Gasteiger partial charge in [-0.1, -0.05) is 23.7 Å². The topological polar surface area (TPSA) is 56.1 Å². The fourth-order valence-electron chi connectivity index (χ4n) is 2.18. The third-order valence-electron chi connectivity index (χ3n) is 3.77. The van der Waals surface area contributed by atoms with Crippen LogP contribution in [0.4, 0.5) is 10.1 Å². The number of benzene rings is 2. The number of rotatable bonds is 5. The number of halogens is 2. The predicted octanol–water partition coefficient (Wildman–Crippen LogP) is 3.81. The Hall–Kier alpha value is -2.42. The van der Waals surface area contributed by atoms with Gasteiger partial charge in [0, 0.05) is 22.8 Å². The molecule has 0 heterocycles. The van der Waals surface area contributed by atoms with E-state index in [0.29, 0.717) is 21.8 Å². The maximum Gasteiger partial charge on any atom is 0.241 e. The van der Waals surface area contributed by atoms with Crippen LogP contribution < -0.4 is 5.32 Å². The molecule has 0 bridgehead atoms. The van der Waals surface area contributed by atoms with Crippen LogP contribution >= 0.6 is 11.6 Å². The van der Waals surface area contributed by atoms with Gasteiger partial charge in [-0.3, -0.25) is 9.69 Å². The Bertz CT molecular complexity index is 768. The fourth-order valence-corrected chi connectivity index (χ4v) is 2.41. The molecule has 2 aromatic rings. The van der Waals surface area contributed by atoms with Crippen molar-refractivity contribution in [3.8, 4) is 6.07 Å². The molecule has 0 radical (unpaired) electrons. The number of nitriles is 1. The van der Waals surface area contributed by atoms with E-state index in [1.54, 1.807) is 55.3 Å². The Morgan fingerprint density at radius 2 is 2.08 bits per heavy atom. The van der Waals surface area contributed by atoms with Gasteiger partial charge in [0.05, 0.1) is 17.7 Å². The van der Waals surface area contributed by atoms with Gasteiger partial charge in [-0.15, -0.1) is 0 Å². The Balaban J connectivity index is 2.05. The summed E-state index contributed by atoms with van der Waals surface area (Å²) in [5, 5.41) is 12.0. The SMILES string of the molecule is CC(C(=O)Nc1cccc(C#N)c1)N(C)Cc1c(F)cccc1Cl. The van der Waals surface area contributed by atoms with Gasteiger partial charge in [-0.2, -0.15) is 5.26 Å². The molecule has 1 unspecified atom stereocenters. The number of carbonyl (C=O) groups excluding carboxylic acids is 1. The quantitative estimate of drug-likeness (QED) is 0.896. The van der Waals surface area contributed by atoms with Gasteiger partial charge in [-0.25, -0.2) is 4.39 Å². The van der Waals surface area contributed by atoms with E-state index < -0.39 is 11.9 Å². The summed E-state index contributed by atoms with van der Waals surface area (Å²) in [6.07, 6.45) is 0. The summed E-state index contributed by atoms with van der Waals surface area (Å²) < 4.78 is 13.9. The first-order valence-electron chi connectivity index (χ1n) is 7.36. The molecule has 0 spiro atoms. The molecule has 1 amide bonds. The largest absolute Gasteiger partial charge is 0.325 e. The highest BCUT2D eigenvalue weighted by atomic mass is 35.5. The van der Waals surface area contributed by atoms with Crippen LogP contribution in [0.3, 0.4) is 0 Å². The lowest BCUT2D eigenvalue weighted by Crippen LogP contribution is -2.39. The second-order valence-electron chi connectivity index (χ2n) is 5.47. The fraction of sp³-hybridized carbons (Fsp3) is 0.222. The monoisotopic (exact) mass is 345 g/mol. The van der Waals surface area contributed by atoms with E-state index in [4.69, 9.17) is 16.9 Å². The first-order valence-corrected chi connectivity index (χ1v) is 7.74. The van der Waals surface area contributed by atoms with Crippen molar-refractivity contribution < 1.29 is 9.18 Å². The third-order valence-corrected chi connectivity index (χ3v) is 4.12. The predicted molar refractivity (Wildman–Crippen MR) is 92.1 cm³/mol. The molecule has 1 N–H and O–H groups in total. The Kier molecular flexibility index (Phi) is 5.91. The van der Waals surface area contributed by atoms with Crippen molar-refractivity contribution >= 4 is 23.2 Å². The zero-order chi connectivity index (χ0) is 17.7. The zero-order valence-electron chi connectivity index (χ0n) is 13.4. The van der Waals surface area contributed by atoms with Crippen LogP contribution in [-0.4, -0.2) is 23.9 Å². The van der Waals surface area contributed by atoms with Crippen molar-refractivity contribution in [1.82, 2.24) is 4.90 Å². The molecular formula is C18H17ClFN3O. The molecule has 0 saturated heterocycles.